The summed E-state index contributed by atoms with van der Waals surface area (Å²) in [5, 5.41) is 0. The number of unbranched alkanes of at least 4 members (excludes halogenated alkanes) is 1. The zero-order valence-electron chi connectivity index (χ0n) is 12.4. The standard InChI is InChI=1S/C18H23NO/c1-14-7-5-8-15(2)18(14)16-9-6-10-17(13-16)20-12-4-3-11-19/h5-10,13H,3-4,11-12,19H2,1-2H3. The first kappa shape index (κ1) is 14.6. The fourth-order valence-corrected chi connectivity index (χ4v) is 2.45. The van der Waals surface area contributed by atoms with Crippen LogP contribution in [0.25, 0.3) is 11.1 Å². The lowest BCUT2D eigenvalue weighted by Gasteiger charge is -2.12. The van der Waals surface area contributed by atoms with E-state index in [0.29, 0.717) is 0 Å². The van der Waals surface area contributed by atoms with Gasteiger partial charge in [0.15, 0.2) is 0 Å². The fourth-order valence-electron chi connectivity index (χ4n) is 2.45. The van der Waals surface area contributed by atoms with E-state index in [-0.39, 0.29) is 0 Å². The number of ether oxygens (including phenoxy) is 1. The van der Waals surface area contributed by atoms with Crippen molar-refractivity contribution in [2.24, 2.45) is 5.73 Å². The lowest BCUT2D eigenvalue weighted by molar-refractivity contribution is 0.308. The molecule has 0 saturated heterocycles. The molecule has 0 amide bonds. The first-order valence-corrected chi connectivity index (χ1v) is 7.22. The second kappa shape index (κ2) is 7.11. The van der Waals surface area contributed by atoms with Crippen molar-refractivity contribution in [1.29, 1.82) is 0 Å². The highest BCUT2D eigenvalue weighted by molar-refractivity contribution is 5.71. The minimum absolute atomic E-state index is 0.728. The Labute approximate surface area is 121 Å². The maximum atomic E-state index is 5.79. The Balaban J connectivity index is 2.17. The van der Waals surface area contributed by atoms with Gasteiger partial charge < -0.3 is 10.5 Å². The van der Waals surface area contributed by atoms with Crippen LogP contribution in [0.5, 0.6) is 5.75 Å². The zero-order chi connectivity index (χ0) is 14.4. The van der Waals surface area contributed by atoms with Gasteiger partial charge in [0, 0.05) is 0 Å². The number of hydrogen-bond acceptors (Lipinski definition) is 2. The van der Waals surface area contributed by atoms with E-state index in [0.717, 1.165) is 31.7 Å². The minimum Gasteiger partial charge on any atom is -0.494 e. The highest BCUT2D eigenvalue weighted by Crippen LogP contribution is 2.29. The molecule has 0 aliphatic heterocycles. The molecule has 0 aliphatic carbocycles. The third kappa shape index (κ3) is 3.61. The van der Waals surface area contributed by atoms with E-state index in [2.05, 4.69) is 50.2 Å². The molecule has 2 N–H and O–H groups in total. The Kier molecular flexibility index (Phi) is 5.19. The van der Waals surface area contributed by atoms with Crippen molar-refractivity contribution in [1.82, 2.24) is 0 Å². The average molecular weight is 269 g/mol. The van der Waals surface area contributed by atoms with Crippen LogP contribution in [-0.2, 0) is 0 Å². The molecule has 0 fully saturated rings. The summed E-state index contributed by atoms with van der Waals surface area (Å²) in [7, 11) is 0. The first-order valence-electron chi connectivity index (χ1n) is 7.22. The molecule has 2 nitrogen and oxygen atoms in total. The Hall–Kier alpha value is -1.80. The molecule has 0 unspecified atom stereocenters. The molecule has 0 heterocycles. The normalized spacial score (nSPS) is 10.6. The van der Waals surface area contributed by atoms with Crippen LogP contribution in [0, 0.1) is 13.8 Å². The van der Waals surface area contributed by atoms with E-state index in [1.807, 2.05) is 6.07 Å². The summed E-state index contributed by atoms with van der Waals surface area (Å²) in [6, 6.07) is 14.7. The number of benzene rings is 2. The van der Waals surface area contributed by atoms with Crippen molar-refractivity contribution in [3.05, 3.63) is 53.6 Å². The van der Waals surface area contributed by atoms with E-state index < -0.39 is 0 Å². The lowest BCUT2D eigenvalue weighted by atomic mass is 9.96. The summed E-state index contributed by atoms with van der Waals surface area (Å²) in [6.45, 7) is 5.76. The Morgan fingerprint density at radius 1 is 0.950 bits per heavy atom. The molecule has 2 heteroatoms. The molecule has 106 valence electrons. The fraction of sp³-hybridized carbons (Fsp3) is 0.333. The third-order valence-corrected chi connectivity index (χ3v) is 3.47. The van der Waals surface area contributed by atoms with Gasteiger partial charge in [0.25, 0.3) is 0 Å². The van der Waals surface area contributed by atoms with Crippen molar-refractivity contribution in [2.75, 3.05) is 13.2 Å². The molecule has 0 atom stereocenters. The monoisotopic (exact) mass is 269 g/mol. The predicted octanol–water partition coefficient (Wildman–Crippen LogP) is 4.09. The number of aryl methyl sites for hydroxylation is 2. The van der Waals surface area contributed by atoms with Crippen molar-refractivity contribution in [2.45, 2.75) is 26.7 Å². The van der Waals surface area contributed by atoms with E-state index in [1.165, 1.54) is 22.3 Å². The number of nitrogens with two attached hydrogens (primary N) is 1. The van der Waals surface area contributed by atoms with Gasteiger partial charge in [0.2, 0.25) is 0 Å². The van der Waals surface area contributed by atoms with Gasteiger partial charge in [0.1, 0.15) is 5.75 Å². The highest BCUT2D eigenvalue weighted by atomic mass is 16.5. The quantitative estimate of drug-likeness (QED) is 0.802. The van der Waals surface area contributed by atoms with Crippen LogP contribution in [-0.4, -0.2) is 13.2 Å². The SMILES string of the molecule is Cc1cccc(C)c1-c1cccc(OCCCCN)c1. The van der Waals surface area contributed by atoms with Crippen LogP contribution in [0.1, 0.15) is 24.0 Å². The summed E-state index contributed by atoms with van der Waals surface area (Å²) >= 11 is 0. The van der Waals surface area contributed by atoms with Crippen LogP contribution in [0.2, 0.25) is 0 Å². The third-order valence-electron chi connectivity index (χ3n) is 3.47. The van der Waals surface area contributed by atoms with Crippen LogP contribution in [0.3, 0.4) is 0 Å². The van der Waals surface area contributed by atoms with E-state index >= 15 is 0 Å². The van der Waals surface area contributed by atoms with Crippen LogP contribution >= 0.6 is 0 Å². The molecule has 20 heavy (non-hydrogen) atoms. The maximum absolute atomic E-state index is 5.79. The van der Waals surface area contributed by atoms with Gasteiger partial charge in [0.05, 0.1) is 6.61 Å². The second-order valence-electron chi connectivity index (χ2n) is 5.14. The molecule has 0 aliphatic rings. The molecular formula is C18H23NO. The average Bonchev–Trinajstić information content (AvgIpc) is 2.44. The van der Waals surface area contributed by atoms with Gasteiger partial charge in [-0.1, -0.05) is 30.3 Å². The summed E-state index contributed by atoms with van der Waals surface area (Å²) in [4.78, 5) is 0. The summed E-state index contributed by atoms with van der Waals surface area (Å²) in [6.07, 6.45) is 2.01. The molecule has 0 aromatic heterocycles. The van der Waals surface area contributed by atoms with Gasteiger partial charge in [-0.05, 0) is 67.6 Å². The highest BCUT2D eigenvalue weighted by Gasteiger charge is 2.06. The topological polar surface area (TPSA) is 35.2 Å². The second-order valence-corrected chi connectivity index (χ2v) is 5.14. The Morgan fingerprint density at radius 3 is 2.35 bits per heavy atom. The lowest BCUT2D eigenvalue weighted by Crippen LogP contribution is -2.03. The van der Waals surface area contributed by atoms with Crippen molar-refractivity contribution < 1.29 is 4.74 Å². The van der Waals surface area contributed by atoms with Gasteiger partial charge >= 0.3 is 0 Å². The van der Waals surface area contributed by atoms with Gasteiger partial charge in [-0.2, -0.15) is 0 Å². The predicted molar refractivity (Wildman–Crippen MR) is 85.1 cm³/mol. The summed E-state index contributed by atoms with van der Waals surface area (Å²) in [5.41, 5.74) is 10.6. The van der Waals surface area contributed by atoms with Gasteiger partial charge in [-0.25, -0.2) is 0 Å². The Morgan fingerprint density at radius 2 is 1.65 bits per heavy atom. The first-order chi connectivity index (χ1) is 9.72. The van der Waals surface area contributed by atoms with Gasteiger partial charge in [-0.3, -0.25) is 0 Å². The molecule has 0 saturated carbocycles. The van der Waals surface area contributed by atoms with Crippen molar-refractivity contribution in [3.63, 3.8) is 0 Å². The molecule has 2 rings (SSSR count). The summed E-state index contributed by atoms with van der Waals surface area (Å²) in [5.74, 6) is 0.933. The van der Waals surface area contributed by atoms with Gasteiger partial charge in [-0.15, -0.1) is 0 Å². The number of rotatable bonds is 6. The van der Waals surface area contributed by atoms with E-state index in [9.17, 15) is 0 Å². The molecule has 2 aromatic rings. The smallest absolute Gasteiger partial charge is 0.119 e. The molecule has 0 radical (unpaired) electrons. The summed E-state index contributed by atoms with van der Waals surface area (Å²) < 4.78 is 5.79. The molecular weight excluding hydrogens is 246 g/mol. The zero-order valence-corrected chi connectivity index (χ0v) is 12.4. The van der Waals surface area contributed by atoms with E-state index in [1.54, 1.807) is 0 Å². The molecule has 0 bridgehead atoms. The molecule has 0 spiro atoms. The Bertz CT molecular complexity index is 543. The van der Waals surface area contributed by atoms with Crippen molar-refractivity contribution >= 4 is 0 Å². The largest absolute Gasteiger partial charge is 0.494 e. The van der Waals surface area contributed by atoms with Crippen LogP contribution in [0.4, 0.5) is 0 Å². The number of hydrogen-bond donors (Lipinski definition) is 1. The minimum atomic E-state index is 0.728. The van der Waals surface area contributed by atoms with Crippen LogP contribution in [0.15, 0.2) is 42.5 Å². The van der Waals surface area contributed by atoms with Crippen LogP contribution < -0.4 is 10.5 Å². The van der Waals surface area contributed by atoms with E-state index in [4.69, 9.17) is 10.5 Å². The van der Waals surface area contributed by atoms with Crippen molar-refractivity contribution in [3.8, 4) is 16.9 Å². The molecule has 2 aromatic carbocycles. The maximum Gasteiger partial charge on any atom is 0.119 e.